The van der Waals surface area contributed by atoms with E-state index < -0.39 is 10.0 Å². The number of hydrogen-bond acceptors (Lipinski definition) is 3. The molecule has 22 heavy (non-hydrogen) atoms. The van der Waals surface area contributed by atoms with Crippen LogP contribution in [0.3, 0.4) is 0 Å². The maximum atomic E-state index is 12.3. The van der Waals surface area contributed by atoms with Crippen molar-refractivity contribution in [2.45, 2.75) is 6.92 Å². The van der Waals surface area contributed by atoms with Crippen molar-refractivity contribution >= 4 is 49.9 Å². The first-order chi connectivity index (χ1) is 10.2. The van der Waals surface area contributed by atoms with Crippen LogP contribution in [0.15, 0.2) is 42.5 Å². The van der Waals surface area contributed by atoms with Gasteiger partial charge >= 0.3 is 0 Å². The summed E-state index contributed by atoms with van der Waals surface area (Å²) >= 11 is 2.21. The van der Waals surface area contributed by atoms with E-state index in [1.807, 2.05) is 25.1 Å². The van der Waals surface area contributed by atoms with Gasteiger partial charge in [0.25, 0.3) is 5.91 Å². The van der Waals surface area contributed by atoms with Crippen LogP contribution in [0.4, 0.5) is 11.4 Å². The number of hydrogen-bond donors (Lipinski definition) is 2. The average Bonchev–Trinajstić information content (AvgIpc) is 2.40. The molecule has 2 aromatic rings. The monoisotopic (exact) mass is 430 g/mol. The Morgan fingerprint density at radius 3 is 2.50 bits per heavy atom. The molecule has 0 atom stereocenters. The van der Waals surface area contributed by atoms with Crippen molar-refractivity contribution in [1.82, 2.24) is 0 Å². The number of aryl methyl sites for hydroxylation is 1. The average molecular weight is 430 g/mol. The van der Waals surface area contributed by atoms with Gasteiger partial charge in [0.1, 0.15) is 0 Å². The molecule has 116 valence electrons. The molecule has 0 heterocycles. The molecule has 0 unspecified atom stereocenters. The number of halogens is 1. The molecule has 7 heteroatoms. The van der Waals surface area contributed by atoms with E-state index in [4.69, 9.17) is 0 Å². The van der Waals surface area contributed by atoms with E-state index in [1.165, 1.54) is 6.07 Å². The Kier molecular flexibility index (Phi) is 5.07. The molecule has 1 amide bonds. The van der Waals surface area contributed by atoms with E-state index in [0.717, 1.165) is 21.1 Å². The number of amides is 1. The molecule has 0 aliphatic rings. The molecule has 0 saturated heterocycles. The second-order valence-corrected chi connectivity index (χ2v) is 7.86. The highest BCUT2D eigenvalue weighted by molar-refractivity contribution is 14.1. The molecule has 2 aromatic carbocycles. The van der Waals surface area contributed by atoms with E-state index in [2.05, 4.69) is 32.6 Å². The fraction of sp³-hybridized carbons (Fsp3) is 0.133. The summed E-state index contributed by atoms with van der Waals surface area (Å²) in [5, 5.41) is 2.82. The van der Waals surface area contributed by atoms with Gasteiger partial charge in [0.15, 0.2) is 0 Å². The SMILES string of the molecule is Cc1cc(I)ccc1NC(=O)c1cccc(NS(C)(=O)=O)c1. The predicted octanol–water partition coefficient (Wildman–Crippen LogP) is 3.22. The minimum Gasteiger partial charge on any atom is -0.322 e. The van der Waals surface area contributed by atoms with Gasteiger partial charge < -0.3 is 5.32 Å². The zero-order chi connectivity index (χ0) is 16.3. The van der Waals surface area contributed by atoms with E-state index in [0.29, 0.717) is 11.3 Å². The highest BCUT2D eigenvalue weighted by Crippen LogP contribution is 2.19. The van der Waals surface area contributed by atoms with Crippen LogP contribution in [-0.4, -0.2) is 20.6 Å². The molecular weight excluding hydrogens is 415 g/mol. The summed E-state index contributed by atoms with van der Waals surface area (Å²) in [4.78, 5) is 12.3. The van der Waals surface area contributed by atoms with Crippen LogP contribution in [0.5, 0.6) is 0 Å². The van der Waals surface area contributed by atoms with E-state index in [9.17, 15) is 13.2 Å². The van der Waals surface area contributed by atoms with Crippen molar-refractivity contribution in [2.75, 3.05) is 16.3 Å². The molecule has 0 radical (unpaired) electrons. The summed E-state index contributed by atoms with van der Waals surface area (Å²) in [6.45, 7) is 1.92. The molecule has 5 nitrogen and oxygen atoms in total. The Hall–Kier alpha value is -1.61. The molecule has 0 aliphatic heterocycles. The van der Waals surface area contributed by atoms with Gasteiger partial charge in [-0.15, -0.1) is 0 Å². The standard InChI is InChI=1S/C15H15IN2O3S/c1-10-8-12(16)6-7-14(10)17-15(19)11-4-3-5-13(9-11)18-22(2,20)21/h3-9,18H,1-2H3,(H,17,19). The molecule has 0 bridgehead atoms. The maximum absolute atomic E-state index is 12.3. The molecular formula is C15H15IN2O3S. The van der Waals surface area contributed by atoms with Crippen LogP contribution >= 0.6 is 22.6 Å². The van der Waals surface area contributed by atoms with Crippen LogP contribution in [0.2, 0.25) is 0 Å². The minimum absolute atomic E-state index is 0.290. The van der Waals surface area contributed by atoms with Crippen LogP contribution in [0, 0.1) is 10.5 Å². The minimum atomic E-state index is -3.37. The van der Waals surface area contributed by atoms with Crippen molar-refractivity contribution in [3.8, 4) is 0 Å². The topological polar surface area (TPSA) is 75.3 Å². The largest absolute Gasteiger partial charge is 0.322 e. The second-order valence-electron chi connectivity index (χ2n) is 4.87. The number of benzene rings is 2. The summed E-state index contributed by atoms with van der Waals surface area (Å²) in [5.74, 6) is -0.290. The summed E-state index contributed by atoms with van der Waals surface area (Å²) in [7, 11) is -3.37. The van der Waals surface area contributed by atoms with Crippen LogP contribution < -0.4 is 10.0 Å². The van der Waals surface area contributed by atoms with Gasteiger partial charge in [-0.05, 0) is 71.5 Å². The number of carbonyl (C=O) groups is 1. The third-order valence-electron chi connectivity index (χ3n) is 2.86. The normalized spacial score (nSPS) is 11.0. The third kappa shape index (κ3) is 4.70. The van der Waals surface area contributed by atoms with Gasteiger partial charge in [-0.3, -0.25) is 9.52 Å². The van der Waals surface area contributed by atoms with E-state index >= 15 is 0 Å². The number of carbonyl (C=O) groups excluding carboxylic acids is 1. The first-order valence-corrected chi connectivity index (χ1v) is 9.37. The van der Waals surface area contributed by atoms with Crippen molar-refractivity contribution in [1.29, 1.82) is 0 Å². The summed E-state index contributed by atoms with van der Waals surface area (Å²) in [5.41, 5.74) is 2.43. The van der Waals surface area contributed by atoms with Crippen molar-refractivity contribution in [3.05, 3.63) is 57.2 Å². The number of nitrogens with one attached hydrogen (secondary N) is 2. The highest BCUT2D eigenvalue weighted by atomic mass is 127. The molecule has 0 saturated carbocycles. The lowest BCUT2D eigenvalue weighted by Crippen LogP contribution is -2.14. The molecule has 0 fully saturated rings. The highest BCUT2D eigenvalue weighted by Gasteiger charge is 2.10. The quantitative estimate of drug-likeness (QED) is 0.732. The number of anilines is 2. The summed E-state index contributed by atoms with van der Waals surface area (Å²) in [6.07, 6.45) is 1.06. The maximum Gasteiger partial charge on any atom is 0.255 e. The fourth-order valence-electron chi connectivity index (χ4n) is 1.90. The van der Waals surface area contributed by atoms with Crippen LogP contribution in [0.25, 0.3) is 0 Å². The first kappa shape index (κ1) is 16.8. The molecule has 0 spiro atoms. The second kappa shape index (κ2) is 6.66. The Morgan fingerprint density at radius 1 is 1.14 bits per heavy atom. The predicted molar refractivity (Wildman–Crippen MR) is 96.8 cm³/mol. The van der Waals surface area contributed by atoms with E-state index in [-0.39, 0.29) is 5.91 Å². The summed E-state index contributed by atoms with van der Waals surface area (Å²) in [6, 6.07) is 12.1. The van der Waals surface area contributed by atoms with Crippen molar-refractivity contribution in [2.24, 2.45) is 0 Å². The zero-order valence-corrected chi connectivity index (χ0v) is 15.0. The molecule has 0 aliphatic carbocycles. The van der Waals surface area contributed by atoms with Crippen molar-refractivity contribution in [3.63, 3.8) is 0 Å². The molecule has 2 rings (SSSR count). The fourth-order valence-corrected chi connectivity index (χ4v) is 3.10. The first-order valence-electron chi connectivity index (χ1n) is 6.40. The van der Waals surface area contributed by atoms with Gasteiger partial charge in [0, 0.05) is 20.5 Å². The number of rotatable bonds is 4. The van der Waals surface area contributed by atoms with Crippen LogP contribution in [-0.2, 0) is 10.0 Å². The molecule has 2 N–H and O–H groups in total. The summed E-state index contributed by atoms with van der Waals surface area (Å²) < 4.78 is 25.9. The smallest absolute Gasteiger partial charge is 0.255 e. The Balaban J connectivity index is 2.21. The van der Waals surface area contributed by atoms with Crippen LogP contribution in [0.1, 0.15) is 15.9 Å². The zero-order valence-electron chi connectivity index (χ0n) is 12.1. The Bertz CT molecular complexity index is 819. The third-order valence-corrected chi connectivity index (χ3v) is 4.14. The molecule has 0 aromatic heterocycles. The lowest BCUT2D eigenvalue weighted by Gasteiger charge is -2.10. The van der Waals surface area contributed by atoms with Gasteiger partial charge in [0.2, 0.25) is 10.0 Å². The van der Waals surface area contributed by atoms with Crippen molar-refractivity contribution < 1.29 is 13.2 Å². The number of sulfonamides is 1. The Morgan fingerprint density at radius 2 is 1.86 bits per heavy atom. The van der Waals surface area contributed by atoms with Gasteiger partial charge in [-0.2, -0.15) is 0 Å². The lowest BCUT2D eigenvalue weighted by molar-refractivity contribution is 0.102. The Labute approximate surface area is 143 Å². The van der Waals surface area contributed by atoms with Gasteiger partial charge in [-0.1, -0.05) is 6.07 Å². The lowest BCUT2D eigenvalue weighted by atomic mass is 10.1. The van der Waals surface area contributed by atoms with Gasteiger partial charge in [0.05, 0.1) is 6.26 Å². The van der Waals surface area contributed by atoms with E-state index in [1.54, 1.807) is 18.2 Å². The van der Waals surface area contributed by atoms with Gasteiger partial charge in [-0.25, -0.2) is 8.42 Å².